The normalized spacial score (nSPS) is 15.5. The van der Waals surface area contributed by atoms with Crippen molar-refractivity contribution >= 4 is 38.7 Å². The zero-order valence-corrected chi connectivity index (χ0v) is 18.4. The molecule has 5 heterocycles. The fraction of sp³-hybridized carbons (Fsp3) is 0.381. The van der Waals surface area contributed by atoms with Crippen molar-refractivity contribution in [2.45, 2.75) is 27.3 Å². The van der Waals surface area contributed by atoms with Crippen molar-refractivity contribution in [3.8, 4) is 10.7 Å². The van der Waals surface area contributed by atoms with Gasteiger partial charge in [-0.25, -0.2) is 9.97 Å². The molecule has 1 aliphatic rings. The maximum atomic E-state index is 5.21. The first-order valence-corrected chi connectivity index (χ1v) is 11.5. The molecule has 1 fully saturated rings. The summed E-state index contributed by atoms with van der Waals surface area (Å²) in [6.45, 7) is 11.0. The Morgan fingerprint density at radius 1 is 1.10 bits per heavy atom. The van der Waals surface area contributed by atoms with Crippen LogP contribution < -0.4 is 4.90 Å². The summed E-state index contributed by atoms with van der Waals surface area (Å²) in [5.41, 5.74) is 2.31. The number of anilines is 1. The third kappa shape index (κ3) is 3.56. The summed E-state index contributed by atoms with van der Waals surface area (Å²) in [6.07, 6.45) is 0. The predicted octanol–water partition coefficient (Wildman–Crippen LogP) is 4.66. The lowest BCUT2D eigenvalue weighted by atomic mass is 10.2. The number of thiophene rings is 2. The van der Waals surface area contributed by atoms with E-state index in [9.17, 15) is 0 Å². The third-order valence-corrected chi connectivity index (χ3v) is 7.45. The van der Waals surface area contributed by atoms with Crippen molar-refractivity contribution in [1.29, 1.82) is 0 Å². The summed E-state index contributed by atoms with van der Waals surface area (Å²) >= 11 is 3.46. The Labute approximate surface area is 177 Å². The van der Waals surface area contributed by atoms with Gasteiger partial charge in [0.1, 0.15) is 16.4 Å². The molecule has 0 N–H and O–H groups in total. The van der Waals surface area contributed by atoms with Gasteiger partial charge < -0.3 is 9.42 Å². The molecule has 0 spiro atoms. The van der Waals surface area contributed by atoms with E-state index < -0.39 is 0 Å². The van der Waals surface area contributed by atoms with Gasteiger partial charge in [0.2, 0.25) is 0 Å². The number of piperazine rings is 1. The monoisotopic (exact) mass is 425 g/mol. The largest absolute Gasteiger partial charge is 0.361 e. The first-order chi connectivity index (χ1) is 14.1. The molecule has 0 aromatic carbocycles. The summed E-state index contributed by atoms with van der Waals surface area (Å²) in [4.78, 5) is 18.3. The van der Waals surface area contributed by atoms with Gasteiger partial charge in [-0.05, 0) is 37.8 Å². The number of rotatable bonds is 4. The van der Waals surface area contributed by atoms with E-state index >= 15 is 0 Å². The maximum Gasteiger partial charge on any atom is 0.173 e. The molecule has 0 bridgehead atoms. The highest BCUT2D eigenvalue weighted by atomic mass is 32.1. The Morgan fingerprint density at radius 3 is 2.62 bits per heavy atom. The number of nitrogens with zero attached hydrogens (tertiary/aromatic N) is 5. The number of aryl methyl sites for hydroxylation is 3. The van der Waals surface area contributed by atoms with Crippen LogP contribution in [0.5, 0.6) is 0 Å². The van der Waals surface area contributed by atoms with Crippen LogP contribution in [0.1, 0.15) is 21.9 Å². The van der Waals surface area contributed by atoms with E-state index in [1.54, 1.807) is 22.7 Å². The zero-order chi connectivity index (χ0) is 20.0. The van der Waals surface area contributed by atoms with E-state index in [4.69, 9.17) is 14.5 Å². The molecule has 29 heavy (non-hydrogen) atoms. The fourth-order valence-corrected chi connectivity index (χ4v) is 5.49. The Balaban J connectivity index is 1.43. The number of fused-ring (bicyclic) bond motifs is 1. The third-order valence-electron chi connectivity index (χ3n) is 5.49. The molecule has 1 saturated heterocycles. The Hall–Kier alpha value is -2.29. The van der Waals surface area contributed by atoms with Crippen molar-refractivity contribution in [3.63, 3.8) is 0 Å². The van der Waals surface area contributed by atoms with Gasteiger partial charge in [-0.2, -0.15) is 0 Å². The van der Waals surface area contributed by atoms with Crippen LogP contribution in [0, 0.1) is 20.8 Å². The second-order valence-electron chi connectivity index (χ2n) is 7.50. The van der Waals surface area contributed by atoms with E-state index in [1.165, 1.54) is 15.8 Å². The minimum Gasteiger partial charge on any atom is -0.361 e. The van der Waals surface area contributed by atoms with Gasteiger partial charge >= 0.3 is 0 Å². The van der Waals surface area contributed by atoms with Crippen molar-refractivity contribution in [1.82, 2.24) is 20.0 Å². The second-order valence-corrected chi connectivity index (χ2v) is 9.65. The van der Waals surface area contributed by atoms with Gasteiger partial charge in [0, 0.05) is 43.7 Å². The summed E-state index contributed by atoms with van der Waals surface area (Å²) in [5.74, 6) is 2.79. The van der Waals surface area contributed by atoms with Gasteiger partial charge in [-0.15, -0.1) is 22.7 Å². The minimum absolute atomic E-state index is 0.835. The van der Waals surface area contributed by atoms with Crippen molar-refractivity contribution < 1.29 is 4.52 Å². The molecule has 0 amide bonds. The Bertz CT molecular complexity index is 1140. The standard InChI is InChI=1S/C21H23N5OS2/c1-13-11-16(24-27-13)12-25-6-8-26(9-7-25)20-18-14(2)15(3)29-21(18)23-19(22-20)17-5-4-10-28-17/h4-5,10-11H,6-9,12H2,1-3H3. The molecule has 4 aromatic rings. The molecule has 5 rings (SSSR count). The highest BCUT2D eigenvalue weighted by Gasteiger charge is 2.24. The second kappa shape index (κ2) is 7.51. The molecule has 0 atom stereocenters. The van der Waals surface area contributed by atoms with Crippen LogP contribution in [0.2, 0.25) is 0 Å². The van der Waals surface area contributed by atoms with Crippen LogP contribution in [0.25, 0.3) is 20.9 Å². The average Bonchev–Trinajstić information content (AvgIpc) is 3.44. The van der Waals surface area contributed by atoms with E-state index in [1.807, 2.05) is 13.0 Å². The lowest BCUT2D eigenvalue weighted by Crippen LogP contribution is -2.46. The molecule has 4 aromatic heterocycles. The smallest absolute Gasteiger partial charge is 0.173 e. The van der Waals surface area contributed by atoms with Crippen LogP contribution >= 0.6 is 22.7 Å². The van der Waals surface area contributed by atoms with Gasteiger partial charge in [0.25, 0.3) is 0 Å². The quantitative estimate of drug-likeness (QED) is 0.474. The number of hydrogen-bond donors (Lipinski definition) is 0. The first-order valence-electron chi connectivity index (χ1n) is 9.79. The lowest BCUT2D eigenvalue weighted by Gasteiger charge is -2.35. The highest BCUT2D eigenvalue weighted by Crippen LogP contribution is 2.37. The van der Waals surface area contributed by atoms with E-state index in [-0.39, 0.29) is 0 Å². The Morgan fingerprint density at radius 2 is 1.93 bits per heavy atom. The summed E-state index contributed by atoms with van der Waals surface area (Å²) in [7, 11) is 0. The fourth-order valence-electron chi connectivity index (χ4n) is 3.81. The average molecular weight is 426 g/mol. The van der Waals surface area contributed by atoms with Gasteiger partial charge in [-0.3, -0.25) is 4.90 Å². The number of aromatic nitrogens is 3. The molecule has 0 saturated carbocycles. The first kappa shape index (κ1) is 18.7. The molecule has 150 valence electrons. The molecule has 0 radical (unpaired) electrons. The van der Waals surface area contributed by atoms with Crippen LogP contribution in [-0.2, 0) is 6.54 Å². The van der Waals surface area contributed by atoms with E-state index in [0.717, 1.165) is 65.5 Å². The SMILES string of the molecule is Cc1cc(CN2CCN(c3nc(-c4cccs4)nc4sc(C)c(C)c34)CC2)no1. The lowest BCUT2D eigenvalue weighted by molar-refractivity contribution is 0.241. The molecular formula is C21H23N5OS2. The summed E-state index contributed by atoms with van der Waals surface area (Å²) in [6, 6.07) is 6.18. The van der Waals surface area contributed by atoms with Gasteiger partial charge in [0.15, 0.2) is 5.82 Å². The number of hydrogen-bond acceptors (Lipinski definition) is 8. The van der Waals surface area contributed by atoms with E-state index in [0.29, 0.717) is 0 Å². The van der Waals surface area contributed by atoms with Crippen LogP contribution in [0.15, 0.2) is 28.1 Å². The summed E-state index contributed by atoms with van der Waals surface area (Å²) < 4.78 is 5.21. The van der Waals surface area contributed by atoms with Crippen LogP contribution in [-0.4, -0.2) is 46.2 Å². The molecule has 0 aliphatic carbocycles. The summed E-state index contributed by atoms with van der Waals surface area (Å²) in [5, 5.41) is 7.43. The van der Waals surface area contributed by atoms with Crippen molar-refractivity contribution in [2.24, 2.45) is 0 Å². The van der Waals surface area contributed by atoms with Gasteiger partial charge in [-0.1, -0.05) is 11.2 Å². The Kier molecular flexibility index (Phi) is 4.85. The molecule has 6 nitrogen and oxygen atoms in total. The molecule has 8 heteroatoms. The van der Waals surface area contributed by atoms with Crippen LogP contribution in [0.4, 0.5) is 5.82 Å². The maximum absolute atomic E-state index is 5.21. The zero-order valence-electron chi connectivity index (χ0n) is 16.8. The molecule has 1 aliphatic heterocycles. The van der Waals surface area contributed by atoms with Crippen molar-refractivity contribution in [2.75, 3.05) is 31.1 Å². The minimum atomic E-state index is 0.835. The predicted molar refractivity (Wildman–Crippen MR) is 119 cm³/mol. The van der Waals surface area contributed by atoms with Gasteiger partial charge in [0.05, 0.1) is 16.0 Å². The van der Waals surface area contributed by atoms with Crippen molar-refractivity contribution in [3.05, 3.63) is 45.5 Å². The van der Waals surface area contributed by atoms with Crippen LogP contribution in [0.3, 0.4) is 0 Å². The molecule has 0 unspecified atom stereocenters. The highest BCUT2D eigenvalue weighted by molar-refractivity contribution is 7.19. The van der Waals surface area contributed by atoms with E-state index in [2.05, 4.69) is 46.3 Å². The topological polar surface area (TPSA) is 58.3 Å². The molecular weight excluding hydrogens is 402 g/mol.